The van der Waals surface area contributed by atoms with Crippen molar-refractivity contribution in [2.45, 2.75) is 45.5 Å². The Morgan fingerprint density at radius 1 is 1.13 bits per heavy atom. The average molecular weight is 446 g/mol. The molecule has 1 heterocycles. The van der Waals surface area contributed by atoms with Crippen LogP contribution in [-0.4, -0.2) is 31.0 Å². The Kier molecular flexibility index (Phi) is 7.09. The maximum Gasteiger partial charge on any atom is 0.492 e. The molecule has 1 amide bonds. The Balaban J connectivity index is 1.75. The fourth-order valence-electron chi connectivity index (χ4n) is 2.97. The predicted molar refractivity (Wildman–Crippen MR) is 120 cm³/mol. The van der Waals surface area contributed by atoms with Crippen LogP contribution in [-0.2, 0) is 20.7 Å². The SMILES string of the molecule is CC1(C)OB(C(=Cc2cc(F)ccc2Cl)CNC(=O)OCc2ccccc2)OC1(C)C. The summed E-state index contributed by atoms with van der Waals surface area (Å²) in [6.07, 6.45) is 1.09. The standard InChI is InChI=1S/C23H26BClFNO4/c1-22(2)23(3,4)31-24(30-22)18(12-17-13-19(26)10-11-20(17)25)14-27-21(28)29-15-16-8-6-5-7-9-16/h5-13H,14-15H2,1-4H3,(H,27,28). The van der Waals surface area contributed by atoms with Crippen LogP contribution in [0.15, 0.2) is 54.0 Å². The van der Waals surface area contributed by atoms with Crippen molar-refractivity contribution < 1.29 is 23.2 Å². The summed E-state index contributed by atoms with van der Waals surface area (Å²) in [7, 11) is -0.737. The molecule has 0 aliphatic carbocycles. The first-order valence-corrected chi connectivity index (χ1v) is 10.4. The van der Waals surface area contributed by atoms with Crippen molar-refractivity contribution in [3.05, 3.63) is 76.0 Å². The molecule has 2 aromatic carbocycles. The highest BCUT2D eigenvalue weighted by Crippen LogP contribution is 2.39. The first-order valence-electron chi connectivity index (χ1n) is 10.0. The van der Waals surface area contributed by atoms with Gasteiger partial charge in [-0.2, -0.15) is 0 Å². The maximum absolute atomic E-state index is 13.8. The summed E-state index contributed by atoms with van der Waals surface area (Å²) in [5.74, 6) is -0.417. The van der Waals surface area contributed by atoms with Crippen LogP contribution in [0.2, 0.25) is 5.02 Å². The van der Waals surface area contributed by atoms with Gasteiger partial charge in [0, 0.05) is 11.6 Å². The second-order valence-electron chi connectivity index (χ2n) is 8.39. The summed E-state index contributed by atoms with van der Waals surface area (Å²) in [6, 6.07) is 13.5. The number of hydrogen-bond donors (Lipinski definition) is 1. The van der Waals surface area contributed by atoms with Crippen molar-refractivity contribution in [3.8, 4) is 0 Å². The highest BCUT2D eigenvalue weighted by molar-refractivity contribution is 6.56. The van der Waals surface area contributed by atoms with Crippen molar-refractivity contribution in [2.75, 3.05) is 6.54 Å². The van der Waals surface area contributed by atoms with Crippen LogP contribution in [0.1, 0.15) is 38.8 Å². The van der Waals surface area contributed by atoms with Gasteiger partial charge in [0.25, 0.3) is 0 Å². The highest BCUT2D eigenvalue weighted by atomic mass is 35.5. The van der Waals surface area contributed by atoms with Crippen LogP contribution < -0.4 is 5.32 Å². The molecule has 5 nitrogen and oxygen atoms in total. The second-order valence-corrected chi connectivity index (χ2v) is 8.80. The van der Waals surface area contributed by atoms with E-state index in [1.807, 2.05) is 58.0 Å². The van der Waals surface area contributed by atoms with Crippen LogP contribution in [0.5, 0.6) is 0 Å². The van der Waals surface area contributed by atoms with Crippen LogP contribution in [0.25, 0.3) is 6.08 Å². The molecule has 0 radical (unpaired) electrons. The van der Waals surface area contributed by atoms with Crippen molar-refractivity contribution in [2.24, 2.45) is 0 Å². The van der Waals surface area contributed by atoms with Gasteiger partial charge in [-0.25, -0.2) is 9.18 Å². The summed E-state index contributed by atoms with van der Waals surface area (Å²) in [6.45, 7) is 7.96. The average Bonchev–Trinajstić information content (AvgIpc) is 2.94. The fraction of sp³-hybridized carbons (Fsp3) is 0.348. The van der Waals surface area contributed by atoms with E-state index >= 15 is 0 Å². The first-order chi connectivity index (χ1) is 14.6. The third-order valence-electron chi connectivity index (χ3n) is 5.50. The molecule has 8 heteroatoms. The van der Waals surface area contributed by atoms with Gasteiger partial charge in [-0.3, -0.25) is 0 Å². The van der Waals surface area contributed by atoms with Gasteiger partial charge in [-0.05, 0) is 62.5 Å². The molecule has 1 aliphatic rings. The van der Waals surface area contributed by atoms with E-state index < -0.39 is 30.2 Å². The fourth-order valence-corrected chi connectivity index (χ4v) is 3.14. The number of carbonyl (C=O) groups excluding carboxylic acids is 1. The summed E-state index contributed by atoms with van der Waals surface area (Å²) in [5, 5.41) is 3.09. The minimum atomic E-state index is -0.737. The molecule has 0 atom stereocenters. The van der Waals surface area contributed by atoms with Crippen molar-refractivity contribution >= 4 is 30.9 Å². The molecule has 31 heavy (non-hydrogen) atoms. The first kappa shape index (κ1) is 23.3. The molecule has 3 rings (SSSR count). The Bertz CT molecular complexity index is 949. The van der Waals surface area contributed by atoms with E-state index in [9.17, 15) is 9.18 Å². The molecule has 1 aliphatic heterocycles. The lowest BCUT2D eigenvalue weighted by Gasteiger charge is -2.32. The maximum atomic E-state index is 13.8. The Labute approximate surface area is 187 Å². The number of rotatable bonds is 6. The number of hydrogen-bond acceptors (Lipinski definition) is 4. The van der Waals surface area contributed by atoms with Crippen molar-refractivity contribution in [3.63, 3.8) is 0 Å². The molecule has 1 saturated heterocycles. The lowest BCUT2D eigenvalue weighted by atomic mass is 9.77. The smallest absolute Gasteiger partial charge is 0.445 e. The largest absolute Gasteiger partial charge is 0.492 e. The van der Waals surface area contributed by atoms with E-state index in [1.165, 1.54) is 18.2 Å². The topological polar surface area (TPSA) is 56.8 Å². The van der Waals surface area contributed by atoms with Crippen molar-refractivity contribution in [1.82, 2.24) is 5.32 Å². The van der Waals surface area contributed by atoms with E-state index in [0.29, 0.717) is 16.1 Å². The van der Waals surface area contributed by atoms with E-state index in [1.54, 1.807) is 6.08 Å². The van der Waals surface area contributed by atoms with Crippen LogP contribution in [0.4, 0.5) is 9.18 Å². The second kappa shape index (κ2) is 9.43. The molecule has 1 fully saturated rings. The monoisotopic (exact) mass is 445 g/mol. The van der Waals surface area contributed by atoms with E-state index in [0.717, 1.165) is 5.56 Å². The van der Waals surface area contributed by atoms with Gasteiger partial charge in [0.05, 0.1) is 11.2 Å². The number of alkyl carbamates (subject to hydrolysis) is 1. The van der Waals surface area contributed by atoms with Gasteiger partial charge < -0.3 is 19.4 Å². The van der Waals surface area contributed by atoms with Crippen molar-refractivity contribution in [1.29, 1.82) is 0 Å². The Hall–Kier alpha value is -2.35. The van der Waals surface area contributed by atoms with Gasteiger partial charge in [0.15, 0.2) is 0 Å². The summed E-state index contributed by atoms with van der Waals surface area (Å²) >= 11 is 6.23. The Morgan fingerprint density at radius 3 is 2.42 bits per heavy atom. The quantitative estimate of drug-likeness (QED) is 0.603. The minimum Gasteiger partial charge on any atom is -0.445 e. The van der Waals surface area contributed by atoms with Gasteiger partial charge in [-0.1, -0.05) is 48.0 Å². The predicted octanol–water partition coefficient (Wildman–Crippen LogP) is 5.42. The van der Waals surface area contributed by atoms with Crippen LogP contribution >= 0.6 is 11.6 Å². The number of amides is 1. The molecular weight excluding hydrogens is 420 g/mol. The zero-order chi connectivity index (χ0) is 22.6. The number of carbonyl (C=O) groups is 1. The number of nitrogens with one attached hydrogen (secondary N) is 1. The van der Waals surface area contributed by atoms with Gasteiger partial charge in [0.2, 0.25) is 0 Å². The number of halogens is 2. The lowest BCUT2D eigenvalue weighted by molar-refractivity contribution is 0.00578. The van der Waals surface area contributed by atoms with Gasteiger partial charge >= 0.3 is 13.2 Å². The zero-order valence-electron chi connectivity index (χ0n) is 18.1. The van der Waals surface area contributed by atoms with Crippen LogP contribution in [0.3, 0.4) is 0 Å². The van der Waals surface area contributed by atoms with Gasteiger partial charge in [-0.15, -0.1) is 0 Å². The van der Waals surface area contributed by atoms with Crippen LogP contribution in [0, 0.1) is 5.82 Å². The minimum absolute atomic E-state index is 0.0806. The third-order valence-corrected chi connectivity index (χ3v) is 5.85. The zero-order valence-corrected chi connectivity index (χ0v) is 18.8. The molecule has 0 saturated carbocycles. The summed E-state index contributed by atoms with van der Waals surface area (Å²) < 4.78 is 31.2. The summed E-state index contributed by atoms with van der Waals surface area (Å²) in [4.78, 5) is 12.2. The number of benzene rings is 2. The molecule has 1 N–H and O–H groups in total. The Morgan fingerprint density at radius 2 is 1.77 bits per heavy atom. The molecule has 164 valence electrons. The third kappa shape index (κ3) is 5.88. The molecule has 0 unspecified atom stereocenters. The summed E-state index contributed by atoms with van der Waals surface area (Å²) in [5.41, 5.74) is 0.784. The normalized spacial score (nSPS) is 17.5. The lowest BCUT2D eigenvalue weighted by Crippen LogP contribution is -2.41. The van der Waals surface area contributed by atoms with Gasteiger partial charge in [0.1, 0.15) is 12.4 Å². The van der Waals surface area contributed by atoms with E-state index in [2.05, 4.69) is 5.32 Å². The molecule has 2 aromatic rings. The molecular formula is C23H26BClFNO4. The van der Waals surface area contributed by atoms with E-state index in [-0.39, 0.29) is 13.2 Å². The van der Waals surface area contributed by atoms with E-state index in [4.69, 9.17) is 25.6 Å². The highest BCUT2D eigenvalue weighted by Gasteiger charge is 2.52. The number of ether oxygens (including phenoxy) is 1. The molecule has 0 bridgehead atoms. The molecule has 0 spiro atoms. The molecule has 0 aromatic heterocycles.